The summed E-state index contributed by atoms with van der Waals surface area (Å²) in [5.41, 5.74) is 0. The van der Waals surface area contributed by atoms with Crippen LogP contribution < -0.4 is 0 Å². The second kappa shape index (κ2) is 12.0. The molecule has 0 aromatic heterocycles. The third-order valence-corrected chi connectivity index (χ3v) is 1.56. The van der Waals surface area contributed by atoms with Gasteiger partial charge in [-0.15, -0.1) is 12.3 Å². The second-order valence-corrected chi connectivity index (χ2v) is 2.64. The maximum absolute atomic E-state index is 8.00. The van der Waals surface area contributed by atoms with Gasteiger partial charge < -0.3 is 4.79 Å². The fraction of sp³-hybridized carbons (Fsp3) is 0.700. The zero-order valence-electron chi connectivity index (χ0n) is 7.60. The van der Waals surface area contributed by atoms with Crippen LogP contribution in [0.2, 0.25) is 0 Å². The van der Waals surface area contributed by atoms with Crippen LogP contribution in [0, 0.1) is 18.3 Å². The van der Waals surface area contributed by atoms with E-state index < -0.39 is 0 Å². The molecule has 11 heavy (non-hydrogen) atoms. The third kappa shape index (κ3) is 12.4. The summed E-state index contributed by atoms with van der Waals surface area (Å²) in [6, 6.07) is 0. The van der Waals surface area contributed by atoms with Gasteiger partial charge in [0.25, 0.3) is 0 Å². The van der Waals surface area contributed by atoms with Gasteiger partial charge in [-0.3, -0.25) is 0 Å². The van der Waals surface area contributed by atoms with Crippen LogP contribution in [0.25, 0.3) is 0 Å². The molecule has 0 amide bonds. The van der Waals surface area contributed by atoms with Gasteiger partial charge in [0.2, 0.25) is 0 Å². The Morgan fingerprint density at radius 3 is 2.36 bits per heavy atom. The first kappa shape index (κ1) is 12.9. The largest absolute Gasteiger partial charge is 0.307 e. The normalized spacial score (nSPS) is 10.6. The van der Waals surface area contributed by atoms with Crippen LogP contribution in [0.3, 0.4) is 0 Å². The Morgan fingerprint density at radius 1 is 1.45 bits per heavy atom. The summed E-state index contributed by atoms with van der Waals surface area (Å²) in [5, 5.41) is 0. The number of carbonyl (C=O) groups is 1. The van der Waals surface area contributed by atoms with Crippen molar-refractivity contribution in [3.63, 3.8) is 0 Å². The Morgan fingerprint density at radius 2 is 2.00 bits per heavy atom. The Bertz CT molecular complexity index is 102. The number of hydrogen-bond acceptors (Lipinski definition) is 1. The highest BCUT2D eigenvalue weighted by molar-refractivity contribution is 5.10. The van der Waals surface area contributed by atoms with E-state index in [1.54, 1.807) is 0 Å². The monoisotopic (exact) mass is 154 g/mol. The van der Waals surface area contributed by atoms with E-state index in [9.17, 15) is 0 Å². The summed E-state index contributed by atoms with van der Waals surface area (Å²) in [4.78, 5) is 8.00. The molecule has 0 aliphatic heterocycles. The molecule has 1 atom stereocenters. The van der Waals surface area contributed by atoms with Gasteiger partial charge in [-0.1, -0.05) is 26.7 Å². The summed E-state index contributed by atoms with van der Waals surface area (Å²) in [5.74, 6) is 3.48. The number of terminal acetylenes is 1. The molecule has 0 aromatic rings. The molecule has 64 valence electrons. The van der Waals surface area contributed by atoms with Crippen molar-refractivity contribution in [2.24, 2.45) is 5.92 Å². The van der Waals surface area contributed by atoms with Crippen molar-refractivity contribution in [3.05, 3.63) is 0 Å². The van der Waals surface area contributed by atoms with Gasteiger partial charge in [-0.05, 0) is 12.3 Å². The highest BCUT2D eigenvalue weighted by atomic mass is 16.1. The van der Waals surface area contributed by atoms with Gasteiger partial charge in [0.05, 0.1) is 0 Å². The topological polar surface area (TPSA) is 17.1 Å². The minimum absolute atomic E-state index is 0.825. The lowest BCUT2D eigenvalue weighted by molar-refractivity contribution is -0.0979. The minimum atomic E-state index is 0.825. The summed E-state index contributed by atoms with van der Waals surface area (Å²) >= 11 is 0. The molecule has 1 nitrogen and oxygen atoms in total. The predicted molar refractivity (Wildman–Crippen MR) is 49.3 cm³/mol. The van der Waals surface area contributed by atoms with E-state index in [0.717, 1.165) is 12.3 Å². The van der Waals surface area contributed by atoms with Crippen LogP contribution in [-0.2, 0) is 4.79 Å². The van der Waals surface area contributed by atoms with Crippen LogP contribution in [0.1, 0.15) is 39.5 Å². The average Bonchev–Trinajstić information content (AvgIpc) is 2.05. The Labute approximate surface area is 70.2 Å². The lowest BCUT2D eigenvalue weighted by Gasteiger charge is -2.05. The lowest BCUT2D eigenvalue weighted by Crippen LogP contribution is -1.91. The average molecular weight is 154 g/mol. The van der Waals surface area contributed by atoms with E-state index in [2.05, 4.69) is 19.8 Å². The molecular weight excluding hydrogens is 136 g/mol. The lowest BCUT2D eigenvalue weighted by atomic mass is 10.0. The highest BCUT2D eigenvalue weighted by Crippen LogP contribution is 2.10. The molecule has 0 heterocycles. The molecule has 0 saturated heterocycles. The number of carbonyl (C=O) groups excluding carboxylic acids is 1. The van der Waals surface area contributed by atoms with E-state index in [1.165, 1.54) is 19.3 Å². The number of hydrogen-bond donors (Lipinski definition) is 0. The van der Waals surface area contributed by atoms with Gasteiger partial charge in [-0.2, -0.15) is 0 Å². The summed E-state index contributed by atoms with van der Waals surface area (Å²) in [6.45, 7) is 6.48. The Kier molecular flexibility index (Phi) is 14.0. The van der Waals surface area contributed by atoms with Gasteiger partial charge in [0.15, 0.2) is 0 Å². The van der Waals surface area contributed by atoms with Gasteiger partial charge in [0.1, 0.15) is 6.79 Å². The van der Waals surface area contributed by atoms with Crippen molar-refractivity contribution in [1.82, 2.24) is 0 Å². The van der Waals surface area contributed by atoms with Crippen molar-refractivity contribution in [1.29, 1.82) is 0 Å². The molecule has 0 aliphatic rings. The van der Waals surface area contributed by atoms with Crippen molar-refractivity contribution >= 4 is 6.79 Å². The quantitative estimate of drug-likeness (QED) is 0.569. The van der Waals surface area contributed by atoms with E-state index in [1.807, 2.05) is 6.79 Å². The van der Waals surface area contributed by atoms with Crippen LogP contribution in [-0.4, -0.2) is 6.79 Å². The van der Waals surface area contributed by atoms with Crippen LogP contribution >= 0.6 is 0 Å². The second-order valence-electron chi connectivity index (χ2n) is 2.64. The molecule has 1 unspecified atom stereocenters. The summed E-state index contributed by atoms with van der Waals surface area (Å²) in [6.07, 6.45) is 9.87. The van der Waals surface area contributed by atoms with E-state index in [-0.39, 0.29) is 0 Å². The van der Waals surface area contributed by atoms with Crippen molar-refractivity contribution in [2.45, 2.75) is 39.5 Å². The summed E-state index contributed by atoms with van der Waals surface area (Å²) in [7, 11) is 0. The molecule has 0 radical (unpaired) electrons. The van der Waals surface area contributed by atoms with Crippen molar-refractivity contribution in [2.75, 3.05) is 0 Å². The maximum Gasteiger partial charge on any atom is 0.106 e. The van der Waals surface area contributed by atoms with Crippen molar-refractivity contribution < 1.29 is 4.79 Å². The van der Waals surface area contributed by atoms with E-state index >= 15 is 0 Å². The Balaban J connectivity index is 0. The standard InChI is InChI=1S/C9H16.CH2O/c1-4-6-8-9(3)7-5-2;1-2/h1,9H,5-8H2,2-3H3;1H2. The molecule has 0 aliphatic carbocycles. The zero-order chi connectivity index (χ0) is 9.11. The molecule has 0 fully saturated rings. The molecule has 0 aromatic carbocycles. The SMILES string of the molecule is C#CCCC(C)CCC.C=O. The smallest absolute Gasteiger partial charge is 0.106 e. The molecule has 0 bridgehead atoms. The molecule has 0 rings (SSSR count). The van der Waals surface area contributed by atoms with Gasteiger partial charge in [0, 0.05) is 6.42 Å². The van der Waals surface area contributed by atoms with E-state index in [0.29, 0.717) is 0 Å². The molecule has 0 N–H and O–H groups in total. The first-order chi connectivity index (χ1) is 5.31. The minimum Gasteiger partial charge on any atom is -0.307 e. The third-order valence-electron chi connectivity index (χ3n) is 1.56. The fourth-order valence-corrected chi connectivity index (χ4v) is 0.967. The molecular formula is C10H18O. The van der Waals surface area contributed by atoms with Gasteiger partial charge in [-0.25, -0.2) is 0 Å². The molecule has 0 saturated carbocycles. The van der Waals surface area contributed by atoms with Crippen LogP contribution in [0.4, 0.5) is 0 Å². The fourth-order valence-electron chi connectivity index (χ4n) is 0.967. The Hall–Kier alpha value is -0.770. The molecule has 1 heteroatoms. The predicted octanol–water partition coefficient (Wildman–Crippen LogP) is 2.65. The zero-order valence-corrected chi connectivity index (χ0v) is 7.60. The summed E-state index contributed by atoms with van der Waals surface area (Å²) < 4.78 is 0. The number of rotatable bonds is 4. The van der Waals surface area contributed by atoms with Crippen molar-refractivity contribution in [3.8, 4) is 12.3 Å². The van der Waals surface area contributed by atoms with Crippen LogP contribution in [0.5, 0.6) is 0 Å². The molecule has 0 spiro atoms. The van der Waals surface area contributed by atoms with E-state index in [4.69, 9.17) is 11.2 Å². The maximum atomic E-state index is 8.00. The first-order valence-electron chi connectivity index (χ1n) is 4.03. The van der Waals surface area contributed by atoms with Gasteiger partial charge >= 0.3 is 0 Å². The first-order valence-corrected chi connectivity index (χ1v) is 4.03. The highest BCUT2D eigenvalue weighted by Gasteiger charge is 1.96. The van der Waals surface area contributed by atoms with Crippen LogP contribution in [0.15, 0.2) is 0 Å².